The maximum Gasteiger partial charge on any atom is 0.0551 e. The van der Waals surface area contributed by atoms with Crippen LogP contribution >= 0.6 is 0 Å². The molecule has 1 aliphatic heterocycles. The Morgan fingerprint density at radius 3 is 2.52 bits per heavy atom. The Labute approximate surface area is 168 Å². The lowest BCUT2D eigenvalue weighted by atomic mass is 9.90. The van der Waals surface area contributed by atoms with E-state index in [1.807, 2.05) is 0 Å². The van der Waals surface area contributed by atoms with Gasteiger partial charge in [-0.15, -0.1) is 6.58 Å². The van der Waals surface area contributed by atoms with Crippen molar-refractivity contribution in [3.8, 4) is 0 Å². The maximum absolute atomic E-state index is 4.49. The molecule has 0 N–H and O–H groups in total. The highest BCUT2D eigenvalue weighted by atomic mass is 15.2. The maximum atomic E-state index is 4.49. The minimum Gasteiger partial charge on any atom is -0.366 e. The van der Waals surface area contributed by atoms with Gasteiger partial charge in [0, 0.05) is 12.2 Å². The molecule has 0 spiro atoms. The predicted octanol–water partition coefficient (Wildman–Crippen LogP) is 6.96. The first-order valence-electron chi connectivity index (χ1n) is 11.0. The summed E-state index contributed by atoms with van der Waals surface area (Å²) >= 11 is 0. The number of hydrogen-bond donors (Lipinski definition) is 0. The van der Waals surface area contributed by atoms with Gasteiger partial charge < -0.3 is 4.90 Å². The van der Waals surface area contributed by atoms with Crippen molar-refractivity contribution < 1.29 is 0 Å². The monoisotopic (exact) mass is 367 g/mol. The van der Waals surface area contributed by atoms with Gasteiger partial charge in [0.2, 0.25) is 0 Å². The Morgan fingerprint density at radius 2 is 1.89 bits per heavy atom. The van der Waals surface area contributed by atoms with Crippen LogP contribution in [0.4, 0.5) is 0 Å². The lowest BCUT2D eigenvalue weighted by Crippen LogP contribution is -2.39. The molecule has 150 valence electrons. The summed E-state index contributed by atoms with van der Waals surface area (Å²) in [5, 5.41) is 0. The largest absolute Gasteiger partial charge is 0.366 e. The van der Waals surface area contributed by atoms with Crippen LogP contribution in [0.15, 0.2) is 43.1 Å². The number of likely N-dealkylation sites (tertiary alicyclic amines) is 1. The van der Waals surface area contributed by atoms with Gasteiger partial charge in [-0.05, 0) is 80.4 Å². The zero-order valence-corrected chi connectivity index (χ0v) is 18.5. The average molecular weight is 368 g/mol. The molecule has 1 heterocycles. The number of aryl methyl sites for hydroxylation is 3. The molecule has 1 heteroatoms. The molecule has 0 saturated carbocycles. The van der Waals surface area contributed by atoms with Gasteiger partial charge >= 0.3 is 0 Å². The quantitative estimate of drug-likeness (QED) is 0.404. The van der Waals surface area contributed by atoms with Crippen molar-refractivity contribution in [2.45, 2.75) is 85.1 Å². The van der Waals surface area contributed by atoms with Gasteiger partial charge in [0.1, 0.15) is 0 Å². The van der Waals surface area contributed by atoms with E-state index in [1.165, 1.54) is 43.4 Å². The second-order valence-electron chi connectivity index (χ2n) is 9.14. The van der Waals surface area contributed by atoms with Gasteiger partial charge in [0.15, 0.2) is 0 Å². The molecule has 1 nitrogen and oxygen atoms in total. The third kappa shape index (κ3) is 5.50. The predicted molar refractivity (Wildman–Crippen MR) is 120 cm³/mol. The summed E-state index contributed by atoms with van der Waals surface area (Å²) < 4.78 is 0. The lowest BCUT2D eigenvalue weighted by Gasteiger charge is -2.38. The van der Waals surface area contributed by atoms with E-state index in [1.54, 1.807) is 11.1 Å². The number of rotatable bonds is 10. The second-order valence-corrected chi connectivity index (χ2v) is 9.14. The molecule has 1 aliphatic rings. The highest BCUT2D eigenvalue weighted by Gasteiger charge is 2.35. The molecule has 0 radical (unpaired) electrons. The number of nitrogens with zero attached hydrogens (tertiary/aromatic N) is 1. The number of allylic oxidation sites excluding steroid dienone is 1. The van der Waals surface area contributed by atoms with E-state index in [2.05, 4.69) is 77.0 Å². The van der Waals surface area contributed by atoms with Crippen LogP contribution in [0.3, 0.4) is 0 Å². The van der Waals surface area contributed by atoms with Crippen molar-refractivity contribution in [1.82, 2.24) is 4.90 Å². The molecule has 2 rings (SSSR count). The molecule has 1 saturated heterocycles. The highest BCUT2D eigenvalue weighted by Crippen LogP contribution is 2.36. The first-order chi connectivity index (χ1) is 12.8. The van der Waals surface area contributed by atoms with Crippen LogP contribution in [-0.4, -0.2) is 17.0 Å². The van der Waals surface area contributed by atoms with Crippen LogP contribution < -0.4 is 0 Å². The Morgan fingerprint density at radius 1 is 1.19 bits per heavy atom. The molecule has 1 aromatic rings. The highest BCUT2D eigenvalue weighted by molar-refractivity contribution is 5.33. The van der Waals surface area contributed by atoms with Crippen LogP contribution in [0.1, 0.15) is 77.0 Å². The van der Waals surface area contributed by atoms with Crippen molar-refractivity contribution in [3.63, 3.8) is 0 Å². The fourth-order valence-electron chi connectivity index (χ4n) is 4.29. The van der Waals surface area contributed by atoms with Gasteiger partial charge in [-0.3, -0.25) is 0 Å². The molecule has 0 aromatic heterocycles. The van der Waals surface area contributed by atoms with Crippen molar-refractivity contribution in [2.24, 2.45) is 11.8 Å². The molecule has 0 bridgehead atoms. The van der Waals surface area contributed by atoms with Crippen LogP contribution in [0.5, 0.6) is 0 Å². The molecule has 27 heavy (non-hydrogen) atoms. The normalized spacial score (nSPS) is 20.9. The van der Waals surface area contributed by atoms with E-state index >= 15 is 0 Å². The summed E-state index contributed by atoms with van der Waals surface area (Å²) in [5.74, 6) is 1.26. The van der Waals surface area contributed by atoms with Gasteiger partial charge in [0.05, 0.1) is 5.54 Å². The SMILES string of the molecule is C=CC1(C)CCCN1C(=C)C(C)CCc1cc(CC)ccc1CCC(C)C. The van der Waals surface area contributed by atoms with Crippen molar-refractivity contribution in [1.29, 1.82) is 0 Å². The molecular formula is C26H41N. The number of hydrogen-bond acceptors (Lipinski definition) is 1. The Kier molecular flexibility index (Phi) is 7.77. The zero-order chi connectivity index (χ0) is 20.0. The van der Waals surface area contributed by atoms with Crippen molar-refractivity contribution in [2.75, 3.05) is 6.54 Å². The Balaban J connectivity index is 2.05. The summed E-state index contributed by atoms with van der Waals surface area (Å²) in [5.41, 5.74) is 5.96. The molecule has 0 amide bonds. The fourth-order valence-corrected chi connectivity index (χ4v) is 4.29. The van der Waals surface area contributed by atoms with Crippen LogP contribution in [0, 0.1) is 11.8 Å². The van der Waals surface area contributed by atoms with Gasteiger partial charge in [-0.1, -0.05) is 58.5 Å². The van der Waals surface area contributed by atoms with E-state index in [4.69, 9.17) is 0 Å². The molecule has 1 aromatic carbocycles. The van der Waals surface area contributed by atoms with E-state index in [-0.39, 0.29) is 5.54 Å². The van der Waals surface area contributed by atoms with E-state index < -0.39 is 0 Å². The third-order valence-electron chi connectivity index (χ3n) is 6.55. The van der Waals surface area contributed by atoms with E-state index in [9.17, 15) is 0 Å². The third-order valence-corrected chi connectivity index (χ3v) is 6.55. The summed E-state index contributed by atoms with van der Waals surface area (Å²) in [4.78, 5) is 2.51. The summed E-state index contributed by atoms with van der Waals surface area (Å²) in [6.07, 6.45) is 10.5. The van der Waals surface area contributed by atoms with E-state index in [0.29, 0.717) is 5.92 Å². The van der Waals surface area contributed by atoms with Crippen LogP contribution in [0.25, 0.3) is 0 Å². The van der Waals surface area contributed by atoms with Crippen LogP contribution in [-0.2, 0) is 19.3 Å². The van der Waals surface area contributed by atoms with E-state index in [0.717, 1.165) is 25.3 Å². The van der Waals surface area contributed by atoms with Crippen LogP contribution in [0.2, 0.25) is 0 Å². The molecule has 2 unspecified atom stereocenters. The minimum absolute atomic E-state index is 0.0931. The average Bonchev–Trinajstić information content (AvgIpc) is 3.06. The lowest BCUT2D eigenvalue weighted by molar-refractivity contribution is 0.233. The van der Waals surface area contributed by atoms with Gasteiger partial charge in [0.25, 0.3) is 0 Å². The Bertz CT molecular complexity index is 642. The summed E-state index contributed by atoms with van der Waals surface area (Å²) in [6, 6.07) is 7.15. The zero-order valence-electron chi connectivity index (χ0n) is 18.5. The topological polar surface area (TPSA) is 3.24 Å². The van der Waals surface area contributed by atoms with Gasteiger partial charge in [-0.2, -0.15) is 0 Å². The summed E-state index contributed by atoms with van der Waals surface area (Å²) in [7, 11) is 0. The molecule has 0 aliphatic carbocycles. The second kappa shape index (κ2) is 9.62. The van der Waals surface area contributed by atoms with Crippen molar-refractivity contribution >= 4 is 0 Å². The molecule has 1 fully saturated rings. The smallest absolute Gasteiger partial charge is 0.0551 e. The first kappa shape index (κ1) is 21.8. The minimum atomic E-state index is 0.0931. The standard InChI is InChI=1S/C26H41N/c1-8-23-13-16-24(14-11-20(3)4)25(19-23)15-12-21(5)22(6)27-18-10-17-26(27,7)9-2/h9,13,16,19-21H,2,6,8,10-12,14-15,17-18H2,1,3-5,7H3. The fraction of sp³-hybridized carbons (Fsp3) is 0.615. The summed E-state index contributed by atoms with van der Waals surface area (Å²) in [6.45, 7) is 21.2. The van der Waals surface area contributed by atoms with Gasteiger partial charge in [-0.25, -0.2) is 0 Å². The number of benzene rings is 1. The Hall–Kier alpha value is -1.50. The van der Waals surface area contributed by atoms with Crippen molar-refractivity contribution in [3.05, 3.63) is 59.8 Å². The molecule has 2 atom stereocenters. The first-order valence-corrected chi connectivity index (χ1v) is 11.0. The molecular weight excluding hydrogens is 326 g/mol.